The Kier molecular flexibility index (Phi) is 15.0. The largest absolute Gasteiger partial charge is 0.314 e. The second-order valence-electron chi connectivity index (χ2n) is 26.8. The smallest absolute Gasteiger partial charge is 0.0473 e. The number of hydrogen-bond acceptors (Lipinski definition) is 4. The fourth-order valence-corrected chi connectivity index (χ4v) is 15.9. The molecule has 18 aromatic rings. The molecule has 0 aromatic heterocycles. The molecule has 480 valence electrons. The zero-order valence-electron chi connectivity index (χ0n) is 56.2. The number of anilines is 10. The summed E-state index contributed by atoms with van der Waals surface area (Å²) < 4.78 is 0. The van der Waals surface area contributed by atoms with E-state index in [0.29, 0.717) is 0 Å². The highest BCUT2D eigenvalue weighted by molar-refractivity contribution is 6.25. The molecule has 2 aliphatic carbocycles. The molecule has 0 N–H and O–H groups in total. The third-order valence-corrected chi connectivity index (χ3v) is 20.7. The van der Waals surface area contributed by atoms with Crippen LogP contribution in [-0.4, -0.2) is 0 Å². The Morgan fingerprint density at radius 1 is 0.167 bits per heavy atom. The molecule has 0 radical (unpaired) electrons. The first-order valence-electron chi connectivity index (χ1n) is 35.3. The molecule has 0 bridgehead atoms. The molecular weight excluding hydrogens is 1230 g/mol. The lowest BCUT2D eigenvalue weighted by molar-refractivity contribution is 1.08. The standard InChI is InChI=1S/C56H36N2.C42H32N2/c1-3-13-47(14-4-1)57(51-33-43-21-17-39-9-7-10-40-18-22-44(34-51)55(43)53(39)40)49-29-25-37(26-30-49)38-27-31-50(32-28-38)58(48-15-5-2-6-16-48)52-35-45-23-19-41-11-8-12-42-20-24-46(36-52)56(45)54(41)42;1-3-15-37(16-4-1)43(41-27-33-11-7-8-12-34(33)28-41)39-23-19-31(20-24-39)32-21-25-40(26-22-32)44(38-17-5-2-6-18-38)42-29-35-13-9-10-14-36(35)30-42/h1-36H;1-27,29H,28,30H2. The highest BCUT2D eigenvalue weighted by atomic mass is 15.2. The molecule has 0 aliphatic heterocycles. The van der Waals surface area contributed by atoms with Gasteiger partial charge in [0.1, 0.15) is 0 Å². The molecule has 2 aliphatic rings. The van der Waals surface area contributed by atoms with Crippen LogP contribution in [0.4, 0.5) is 56.9 Å². The Balaban J connectivity index is 0.000000147. The van der Waals surface area contributed by atoms with E-state index in [-0.39, 0.29) is 0 Å². The van der Waals surface area contributed by atoms with E-state index < -0.39 is 0 Å². The topological polar surface area (TPSA) is 13.0 Å². The Hall–Kier alpha value is -13.3. The lowest BCUT2D eigenvalue weighted by Gasteiger charge is -2.27. The van der Waals surface area contributed by atoms with Crippen molar-refractivity contribution in [3.63, 3.8) is 0 Å². The van der Waals surface area contributed by atoms with Gasteiger partial charge in [0.15, 0.2) is 0 Å². The first-order chi connectivity index (χ1) is 50.5. The van der Waals surface area contributed by atoms with Crippen molar-refractivity contribution in [3.8, 4) is 22.3 Å². The van der Waals surface area contributed by atoms with Gasteiger partial charge in [-0.3, -0.25) is 0 Å². The molecule has 0 spiro atoms. The van der Waals surface area contributed by atoms with Crippen LogP contribution in [0.5, 0.6) is 0 Å². The van der Waals surface area contributed by atoms with Gasteiger partial charge >= 0.3 is 0 Å². The van der Waals surface area contributed by atoms with Crippen LogP contribution in [-0.2, 0) is 12.8 Å². The van der Waals surface area contributed by atoms with Crippen LogP contribution in [0.2, 0.25) is 0 Å². The average Bonchev–Trinajstić information content (AvgIpc) is 0.777. The van der Waals surface area contributed by atoms with Crippen molar-refractivity contribution in [2.75, 3.05) is 19.6 Å². The third kappa shape index (κ3) is 11.0. The molecule has 0 saturated heterocycles. The van der Waals surface area contributed by atoms with Crippen LogP contribution in [0.25, 0.3) is 99.0 Å². The molecule has 0 atom stereocenters. The van der Waals surface area contributed by atoms with E-state index in [1.54, 1.807) is 0 Å². The van der Waals surface area contributed by atoms with E-state index in [1.165, 1.54) is 143 Å². The van der Waals surface area contributed by atoms with E-state index >= 15 is 0 Å². The molecule has 0 amide bonds. The van der Waals surface area contributed by atoms with Crippen LogP contribution < -0.4 is 19.6 Å². The molecule has 4 heteroatoms. The number of nitrogens with zero attached hydrogens (tertiary/aromatic N) is 4. The minimum absolute atomic E-state index is 0.924. The van der Waals surface area contributed by atoms with Gasteiger partial charge in [-0.25, -0.2) is 0 Å². The molecule has 18 aromatic carbocycles. The fraction of sp³-hybridized carbons (Fsp3) is 0.0204. The van der Waals surface area contributed by atoms with E-state index in [0.717, 1.165) is 47.0 Å². The lowest BCUT2D eigenvalue weighted by Crippen LogP contribution is -2.16. The Morgan fingerprint density at radius 3 is 0.696 bits per heavy atom. The van der Waals surface area contributed by atoms with Crippen molar-refractivity contribution in [3.05, 3.63) is 410 Å². The summed E-state index contributed by atoms with van der Waals surface area (Å²) in [5.74, 6) is 0. The first kappa shape index (κ1) is 59.9. The van der Waals surface area contributed by atoms with Gasteiger partial charge in [0.05, 0.1) is 0 Å². The summed E-state index contributed by atoms with van der Waals surface area (Å²) in [6.07, 6.45) is 6.50. The summed E-state index contributed by atoms with van der Waals surface area (Å²) in [6, 6.07) is 137. The summed E-state index contributed by atoms with van der Waals surface area (Å²) in [5, 5.41) is 15.5. The quantitative estimate of drug-likeness (QED) is 0.101. The maximum absolute atomic E-state index is 2.39. The van der Waals surface area contributed by atoms with Gasteiger partial charge in [-0.2, -0.15) is 0 Å². The lowest BCUT2D eigenvalue weighted by atomic mass is 9.93. The van der Waals surface area contributed by atoms with E-state index in [9.17, 15) is 0 Å². The number of fused-ring (bicyclic) bond motifs is 2. The minimum atomic E-state index is 0.924. The van der Waals surface area contributed by atoms with Crippen LogP contribution in [0.1, 0.15) is 22.3 Å². The van der Waals surface area contributed by atoms with E-state index in [2.05, 4.69) is 408 Å². The van der Waals surface area contributed by atoms with Crippen molar-refractivity contribution in [1.29, 1.82) is 0 Å². The van der Waals surface area contributed by atoms with Gasteiger partial charge in [0, 0.05) is 81.1 Å². The minimum Gasteiger partial charge on any atom is -0.314 e. The maximum Gasteiger partial charge on any atom is 0.0473 e. The van der Waals surface area contributed by atoms with Gasteiger partial charge < -0.3 is 19.6 Å². The molecule has 4 nitrogen and oxygen atoms in total. The number of benzene rings is 18. The summed E-state index contributed by atoms with van der Waals surface area (Å²) in [6.45, 7) is 0. The van der Waals surface area contributed by atoms with Gasteiger partial charge in [-0.15, -0.1) is 0 Å². The van der Waals surface area contributed by atoms with Crippen molar-refractivity contribution in [2.45, 2.75) is 12.8 Å². The van der Waals surface area contributed by atoms with Crippen molar-refractivity contribution < 1.29 is 0 Å². The third-order valence-electron chi connectivity index (χ3n) is 20.7. The molecule has 0 saturated carbocycles. The van der Waals surface area contributed by atoms with Crippen LogP contribution in [0, 0.1) is 0 Å². The Morgan fingerprint density at radius 2 is 0.402 bits per heavy atom. The molecule has 20 rings (SSSR count). The second kappa shape index (κ2) is 25.5. The number of hydrogen-bond donors (Lipinski definition) is 0. The van der Waals surface area contributed by atoms with Crippen molar-refractivity contribution in [2.24, 2.45) is 0 Å². The Bertz CT molecular complexity index is 5640. The number of para-hydroxylation sites is 4. The van der Waals surface area contributed by atoms with Crippen LogP contribution in [0.15, 0.2) is 388 Å². The second-order valence-corrected chi connectivity index (χ2v) is 26.8. The predicted octanol–water partition coefficient (Wildman–Crippen LogP) is 26.9. The molecule has 0 fully saturated rings. The molecule has 0 unspecified atom stereocenters. The van der Waals surface area contributed by atoms with Gasteiger partial charge in [-0.05, 0) is 243 Å². The van der Waals surface area contributed by atoms with Gasteiger partial charge in [-0.1, -0.05) is 255 Å². The average molecular weight is 1300 g/mol. The fourth-order valence-electron chi connectivity index (χ4n) is 15.9. The Labute approximate surface area is 594 Å². The highest BCUT2D eigenvalue weighted by Gasteiger charge is 2.25. The van der Waals surface area contributed by atoms with Crippen molar-refractivity contribution >= 4 is 134 Å². The van der Waals surface area contributed by atoms with Gasteiger partial charge in [0.2, 0.25) is 0 Å². The summed E-state index contributed by atoms with van der Waals surface area (Å²) in [4.78, 5) is 9.51. The molecule has 102 heavy (non-hydrogen) atoms. The normalized spacial score (nSPS) is 12.4. The molecular formula is C98H68N4. The summed E-state index contributed by atoms with van der Waals surface area (Å²) in [7, 11) is 0. The van der Waals surface area contributed by atoms with E-state index in [4.69, 9.17) is 0 Å². The van der Waals surface area contributed by atoms with Crippen molar-refractivity contribution in [1.82, 2.24) is 0 Å². The summed E-state index contributed by atoms with van der Waals surface area (Å²) in [5.41, 5.74) is 24.1. The summed E-state index contributed by atoms with van der Waals surface area (Å²) >= 11 is 0. The van der Waals surface area contributed by atoms with Gasteiger partial charge in [0.25, 0.3) is 0 Å². The maximum atomic E-state index is 2.39. The first-order valence-corrected chi connectivity index (χ1v) is 35.3. The van der Waals surface area contributed by atoms with E-state index in [1.807, 2.05) is 0 Å². The zero-order chi connectivity index (χ0) is 67.5. The number of rotatable bonds is 14. The SMILES string of the molecule is C1=C(N(c2ccccc2)c2ccc(-c3ccc(N(C4=Cc5ccccc5C4)c4ccccc4)cc3)cc2)Cc2ccccc21.c1ccc(N(c2ccc(-c3ccc(N(c4ccccc4)c4cc5ccc6cccc7ccc(c4)c5c67)cc3)cc2)c2cc3ccc4cccc5ccc(c2)c3c45)cc1. The van der Waals surface area contributed by atoms with Crippen LogP contribution in [0.3, 0.4) is 0 Å². The van der Waals surface area contributed by atoms with Crippen LogP contribution >= 0.6 is 0 Å². The number of allylic oxidation sites excluding steroid dienone is 2. The highest BCUT2D eigenvalue weighted by Crippen LogP contribution is 2.46. The zero-order valence-corrected chi connectivity index (χ0v) is 56.2. The predicted molar refractivity (Wildman–Crippen MR) is 434 cm³/mol. The molecule has 0 heterocycles. The monoisotopic (exact) mass is 1300 g/mol.